The summed E-state index contributed by atoms with van der Waals surface area (Å²) >= 11 is 0. The van der Waals surface area contributed by atoms with E-state index in [4.69, 9.17) is 4.74 Å². The quantitative estimate of drug-likeness (QED) is 0.493. The maximum Gasteiger partial charge on any atom is 0.127 e. The van der Waals surface area contributed by atoms with Crippen LogP contribution < -0.4 is 0 Å². The third-order valence-electron chi connectivity index (χ3n) is 1.97. The third-order valence-corrected chi connectivity index (χ3v) is 1.97. The van der Waals surface area contributed by atoms with Gasteiger partial charge in [-0.3, -0.25) is 0 Å². The molecule has 2 aliphatic rings. The molecule has 0 aromatic carbocycles. The summed E-state index contributed by atoms with van der Waals surface area (Å²) < 4.78 is 5.39. The maximum absolute atomic E-state index is 5.39. The van der Waals surface area contributed by atoms with Crippen molar-refractivity contribution in [2.75, 3.05) is 0 Å². The van der Waals surface area contributed by atoms with Gasteiger partial charge < -0.3 is 4.74 Å². The van der Waals surface area contributed by atoms with Crippen molar-refractivity contribution in [1.29, 1.82) is 0 Å². The zero-order valence-electron chi connectivity index (χ0n) is 6.00. The molecule has 0 saturated heterocycles. The number of ether oxygens (including phenoxy) is 1. The molecule has 1 aliphatic heterocycles. The van der Waals surface area contributed by atoms with Crippen LogP contribution in [0, 0.1) is 0 Å². The van der Waals surface area contributed by atoms with Gasteiger partial charge in [0.15, 0.2) is 0 Å². The van der Waals surface area contributed by atoms with E-state index in [9.17, 15) is 0 Å². The minimum atomic E-state index is 0.324. The van der Waals surface area contributed by atoms with Crippen LogP contribution in [0.25, 0.3) is 0 Å². The highest BCUT2D eigenvalue weighted by atomic mass is 16.5. The Labute approximate surface area is 60.7 Å². The first-order valence-electron chi connectivity index (χ1n) is 3.57. The molecule has 0 radical (unpaired) electrons. The molecule has 0 bridgehead atoms. The van der Waals surface area contributed by atoms with Crippen LogP contribution in [-0.4, -0.2) is 6.10 Å². The van der Waals surface area contributed by atoms with Crippen LogP contribution in [-0.2, 0) is 4.74 Å². The Kier molecular flexibility index (Phi) is 1.16. The summed E-state index contributed by atoms with van der Waals surface area (Å²) in [6.07, 6.45) is 9.57. The van der Waals surface area contributed by atoms with Crippen molar-refractivity contribution in [2.24, 2.45) is 0 Å². The second-order valence-corrected chi connectivity index (χ2v) is 2.71. The average molecular weight is 134 g/mol. The van der Waals surface area contributed by atoms with Gasteiger partial charge in [0.1, 0.15) is 6.10 Å². The van der Waals surface area contributed by atoms with Gasteiger partial charge in [-0.25, -0.2) is 0 Å². The standard InChI is InChI=1S/C9H10O/c1-7-6-10-9-5-3-2-4-8(7)9/h2-4,6,9H,5H2,1H3. The van der Waals surface area contributed by atoms with Crippen LogP contribution in [0.4, 0.5) is 0 Å². The molecule has 0 fully saturated rings. The normalized spacial score (nSPS) is 28.7. The van der Waals surface area contributed by atoms with Gasteiger partial charge in [-0.05, 0) is 18.1 Å². The molecule has 2 rings (SSSR count). The van der Waals surface area contributed by atoms with E-state index in [1.54, 1.807) is 0 Å². The molecule has 52 valence electrons. The molecular weight excluding hydrogens is 124 g/mol. The first-order chi connectivity index (χ1) is 4.88. The maximum atomic E-state index is 5.39. The van der Waals surface area contributed by atoms with E-state index < -0.39 is 0 Å². The van der Waals surface area contributed by atoms with Crippen molar-refractivity contribution in [1.82, 2.24) is 0 Å². The van der Waals surface area contributed by atoms with Gasteiger partial charge in [-0.2, -0.15) is 0 Å². The number of hydrogen-bond acceptors (Lipinski definition) is 1. The van der Waals surface area contributed by atoms with E-state index >= 15 is 0 Å². The summed E-state index contributed by atoms with van der Waals surface area (Å²) in [7, 11) is 0. The van der Waals surface area contributed by atoms with Gasteiger partial charge in [0.25, 0.3) is 0 Å². The van der Waals surface area contributed by atoms with Gasteiger partial charge in [-0.1, -0.05) is 18.2 Å². The summed E-state index contributed by atoms with van der Waals surface area (Å²) in [4.78, 5) is 0. The highest BCUT2D eigenvalue weighted by Crippen LogP contribution is 2.28. The fourth-order valence-electron chi connectivity index (χ4n) is 1.37. The number of hydrogen-bond donors (Lipinski definition) is 0. The second kappa shape index (κ2) is 2.01. The van der Waals surface area contributed by atoms with E-state index in [1.807, 2.05) is 6.26 Å². The lowest BCUT2D eigenvalue weighted by Gasteiger charge is -2.12. The monoisotopic (exact) mass is 134 g/mol. The molecule has 0 aromatic rings. The smallest absolute Gasteiger partial charge is 0.127 e. The average Bonchev–Trinajstić information content (AvgIpc) is 2.34. The zero-order valence-corrected chi connectivity index (χ0v) is 6.00. The highest BCUT2D eigenvalue weighted by molar-refractivity contribution is 5.40. The van der Waals surface area contributed by atoms with Gasteiger partial charge in [0.05, 0.1) is 6.26 Å². The molecule has 0 spiro atoms. The highest BCUT2D eigenvalue weighted by Gasteiger charge is 2.21. The zero-order chi connectivity index (χ0) is 6.97. The molecule has 1 nitrogen and oxygen atoms in total. The lowest BCUT2D eigenvalue weighted by atomic mass is 9.98. The lowest BCUT2D eigenvalue weighted by molar-refractivity contribution is 0.198. The fourth-order valence-corrected chi connectivity index (χ4v) is 1.37. The molecule has 1 unspecified atom stereocenters. The van der Waals surface area contributed by atoms with Gasteiger partial charge >= 0.3 is 0 Å². The molecule has 1 heterocycles. The number of rotatable bonds is 0. The van der Waals surface area contributed by atoms with Crippen molar-refractivity contribution in [3.05, 3.63) is 35.6 Å². The van der Waals surface area contributed by atoms with Crippen molar-refractivity contribution < 1.29 is 4.74 Å². The van der Waals surface area contributed by atoms with Crippen molar-refractivity contribution in [3.63, 3.8) is 0 Å². The summed E-state index contributed by atoms with van der Waals surface area (Å²) in [6, 6.07) is 0. The number of allylic oxidation sites excluding steroid dienone is 2. The van der Waals surface area contributed by atoms with Crippen LogP contribution in [0.5, 0.6) is 0 Å². The Hall–Kier alpha value is -0.980. The molecule has 1 heteroatoms. The van der Waals surface area contributed by atoms with Crippen molar-refractivity contribution in [2.45, 2.75) is 19.4 Å². The van der Waals surface area contributed by atoms with Crippen LogP contribution in [0.3, 0.4) is 0 Å². The van der Waals surface area contributed by atoms with Crippen LogP contribution in [0.15, 0.2) is 35.6 Å². The first-order valence-corrected chi connectivity index (χ1v) is 3.57. The molecule has 0 amide bonds. The molecule has 0 aromatic heterocycles. The van der Waals surface area contributed by atoms with Gasteiger partial charge in [0, 0.05) is 6.42 Å². The fraction of sp³-hybridized carbons (Fsp3) is 0.333. The third kappa shape index (κ3) is 0.703. The molecular formula is C9H10O. The summed E-state index contributed by atoms with van der Waals surface area (Å²) in [6.45, 7) is 2.09. The largest absolute Gasteiger partial charge is 0.493 e. The second-order valence-electron chi connectivity index (χ2n) is 2.71. The lowest BCUT2D eigenvalue weighted by Crippen LogP contribution is -2.08. The van der Waals surface area contributed by atoms with Crippen LogP contribution >= 0.6 is 0 Å². The predicted octanol–water partition coefficient (Wildman–Crippen LogP) is 2.18. The Morgan fingerprint density at radius 3 is 3.30 bits per heavy atom. The Morgan fingerprint density at radius 2 is 2.50 bits per heavy atom. The van der Waals surface area contributed by atoms with Gasteiger partial charge in [0.2, 0.25) is 0 Å². The van der Waals surface area contributed by atoms with E-state index in [-0.39, 0.29) is 0 Å². The van der Waals surface area contributed by atoms with E-state index in [0.717, 1.165) is 6.42 Å². The van der Waals surface area contributed by atoms with Crippen molar-refractivity contribution >= 4 is 0 Å². The Morgan fingerprint density at radius 1 is 1.60 bits per heavy atom. The first kappa shape index (κ1) is 5.78. The predicted molar refractivity (Wildman–Crippen MR) is 40.5 cm³/mol. The SMILES string of the molecule is CC1=COC2CC=CC=C12. The van der Waals surface area contributed by atoms with Gasteiger partial charge in [-0.15, -0.1) is 0 Å². The van der Waals surface area contributed by atoms with Crippen LogP contribution in [0.1, 0.15) is 13.3 Å². The Bertz CT molecular complexity index is 233. The summed E-state index contributed by atoms with van der Waals surface area (Å²) in [5.41, 5.74) is 2.62. The molecule has 0 saturated carbocycles. The number of fused-ring (bicyclic) bond motifs is 1. The van der Waals surface area contributed by atoms with Crippen molar-refractivity contribution in [3.8, 4) is 0 Å². The topological polar surface area (TPSA) is 9.23 Å². The van der Waals surface area contributed by atoms with Crippen LogP contribution in [0.2, 0.25) is 0 Å². The minimum Gasteiger partial charge on any atom is -0.493 e. The molecule has 0 N–H and O–H groups in total. The molecule has 1 atom stereocenters. The van der Waals surface area contributed by atoms with E-state index in [0.29, 0.717) is 6.10 Å². The summed E-state index contributed by atoms with van der Waals surface area (Å²) in [5.74, 6) is 0. The minimum absolute atomic E-state index is 0.324. The van der Waals surface area contributed by atoms with E-state index in [2.05, 4.69) is 25.2 Å². The molecule has 1 aliphatic carbocycles. The molecule has 10 heavy (non-hydrogen) atoms. The van der Waals surface area contributed by atoms with E-state index in [1.165, 1.54) is 11.1 Å². The summed E-state index contributed by atoms with van der Waals surface area (Å²) in [5, 5.41) is 0. The Balaban J connectivity index is 2.34.